The fraction of sp³-hybridized carbons (Fsp3) is 0.679. The van der Waals surface area contributed by atoms with E-state index in [0.29, 0.717) is 45.0 Å². The number of ether oxygens (including phenoxy) is 5. The number of unbranched alkanes of at least 4 members (excludes halogenated alkanes) is 8. The first-order valence-corrected chi connectivity index (χ1v) is 13.3. The van der Waals surface area contributed by atoms with Crippen LogP contribution in [0, 0.1) is 0 Å². The van der Waals surface area contributed by atoms with Crippen LogP contribution in [0.5, 0.6) is 0 Å². The molecule has 1 aromatic carbocycles. The quantitative estimate of drug-likeness (QED) is 0.0839. The zero-order valence-corrected chi connectivity index (χ0v) is 21.9. The highest BCUT2D eigenvalue weighted by molar-refractivity contribution is 6.40. The Hall–Kier alpha value is -2.29. The molecule has 0 atom stereocenters. The minimum Gasteiger partial charge on any atom is -0.463 e. The van der Waals surface area contributed by atoms with Gasteiger partial charge in [-0.1, -0.05) is 88.6 Å². The van der Waals surface area contributed by atoms with Crippen LogP contribution >= 0.6 is 0 Å². The molecule has 0 unspecified atom stereocenters. The molecule has 0 amide bonds. The maximum atomic E-state index is 11.8. The van der Waals surface area contributed by atoms with E-state index in [1.54, 1.807) is 30.3 Å². The number of carbonyl (C=O) groups excluding carboxylic acids is 3. The second kappa shape index (κ2) is 23.1. The molecule has 0 spiro atoms. The average molecular weight is 509 g/mol. The zero-order chi connectivity index (χ0) is 26.1. The SMILES string of the molecule is CCCCCCCCCCCC(=O)OCCOCCOCCOCCOC(=O)C(=O)c1ccccc1. The molecular weight excluding hydrogens is 464 g/mol. The van der Waals surface area contributed by atoms with Gasteiger partial charge in [-0.05, 0) is 6.42 Å². The summed E-state index contributed by atoms with van der Waals surface area (Å²) in [5, 5.41) is 0. The van der Waals surface area contributed by atoms with Gasteiger partial charge in [-0.2, -0.15) is 0 Å². The van der Waals surface area contributed by atoms with Crippen LogP contribution in [-0.2, 0) is 33.3 Å². The van der Waals surface area contributed by atoms with Crippen molar-refractivity contribution >= 4 is 17.7 Å². The largest absolute Gasteiger partial charge is 0.463 e. The summed E-state index contributed by atoms with van der Waals surface area (Å²) >= 11 is 0. The lowest BCUT2D eigenvalue weighted by atomic mass is 10.1. The van der Waals surface area contributed by atoms with Crippen LogP contribution in [0.3, 0.4) is 0 Å². The van der Waals surface area contributed by atoms with Crippen LogP contribution in [-0.4, -0.2) is 70.6 Å². The molecule has 0 aliphatic carbocycles. The molecule has 0 heterocycles. The molecule has 0 aromatic heterocycles. The van der Waals surface area contributed by atoms with Gasteiger partial charge in [0.05, 0.1) is 39.6 Å². The molecule has 0 radical (unpaired) electrons. The Labute approximate surface area is 216 Å². The maximum Gasteiger partial charge on any atom is 0.379 e. The van der Waals surface area contributed by atoms with Crippen molar-refractivity contribution in [3.05, 3.63) is 35.9 Å². The fourth-order valence-electron chi connectivity index (χ4n) is 3.37. The minimum absolute atomic E-state index is 0.00162. The predicted octanol–water partition coefficient (Wildman–Crippen LogP) is 4.93. The molecule has 8 heteroatoms. The van der Waals surface area contributed by atoms with E-state index in [1.807, 2.05) is 0 Å². The number of benzene rings is 1. The lowest BCUT2D eigenvalue weighted by Gasteiger charge is -2.08. The van der Waals surface area contributed by atoms with Crippen molar-refractivity contribution in [2.24, 2.45) is 0 Å². The smallest absolute Gasteiger partial charge is 0.379 e. The Kier molecular flexibility index (Phi) is 20.4. The first-order chi connectivity index (χ1) is 17.6. The van der Waals surface area contributed by atoms with E-state index < -0.39 is 11.8 Å². The van der Waals surface area contributed by atoms with Crippen molar-refractivity contribution in [2.45, 2.75) is 71.1 Å². The van der Waals surface area contributed by atoms with Gasteiger partial charge in [0.1, 0.15) is 13.2 Å². The van der Waals surface area contributed by atoms with Crippen molar-refractivity contribution in [2.75, 3.05) is 52.9 Å². The monoisotopic (exact) mass is 508 g/mol. The summed E-state index contributed by atoms with van der Waals surface area (Å²) in [6.45, 7) is 4.50. The Balaban J connectivity index is 1.79. The predicted molar refractivity (Wildman–Crippen MR) is 137 cm³/mol. The summed E-state index contributed by atoms with van der Waals surface area (Å²) in [6.07, 6.45) is 11.5. The lowest BCUT2D eigenvalue weighted by molar-refractivity contribution is -0.145. The molecule has 0 N–H and O–H groups in total. The van der Waals surface area contributed by atoms with Gasteiger partial charge < -0.3 is 23.7 Å². The molecule has 1 rings (SSSR count). The third kappa shape index (κ3) is 18.0. The van der Waals surface area contributed by atoms with Crippen LogP contribution < -0.4 is 0 Å². The summed E-state index contributed by atoms with van der Waals surface area (Å²) in [5.74, 6) is -1.73. The van der Waals surface area contributed by atoms with Crippen molar-refractivity contribution in [1.29, 1.82) is 0 Å². The topological polar surface area (TPSA) is 97.4 Å². The molecular formula is C28H44O8. The second-order valence-electron chi connectivity index (χ2n) is 8.47. The Morgan fingerprint density at radius 1 is 0.583 bits per heavy atom. The highest BCUT2D eigenvalue weighted by Crippen LogP contribution is 2.10. The normalized spacial score (nSPS) is 10.8. The molecule has 0 bridgehead atoms. The third-order valence-electron chi connectivity index (χ3n) is 5.40. The van der Waals surface area contributed by atoms with Crippen molar-refractivity contribution in [3.8, 4) is 0 Å². The summed E-state index contributed by atoms with van der Waals surface area (Å²) in [6, 6.07) is 8.26. The van der Waals surface area contributed by atoms with E-state index in [2.05, 4.69) is 6.92 Å². The molecule has 0 fully saturated rings. The summed E-state index contributed by atoms with van der Waals surface area (Å²) < 4.78 is 26.1. The van der Waals surface area contributed by atoms with Gasteiger partial charge in [-0.25, -0.2) is 4.79 Å². The molecule has 204 valence electrons. The van der Waals surface area contributed by atoms with Crippen LogP contribution in [0.25, 0.3) is 0 Å². The molecule has 0 aliphatic rings. The molecule has 1 aromatic rings. The highest BCUT2D eigenvalue weighted by atomic mass is 16.6. The number of Topliss-reactive ketones (excluding diaryl/α,β-unsaturated/α-hetero) is 1. The number of carbonyl (C=O) groups is 3. The Morgan fingerprint density at radius 3 is 1.61 bits per heavy atom. The van der Waals surface area contributed by atoms with Gasteiger partial charge in [-0.15, -0.1) is 0 Å². The van der Waals surface area contributed by atoms with E-state index in [4.69, 9.17) is 23.7 Å². The van der Waals surface area contributed by atoms with Gasteiger partial charge in [0.15, 0.2) is 0 Å². The molecule has 36 heavy (non-hydrogen) atoms. The Bertz CT molecular complexity index is 692. The third-order valence-corrected chi connectivity index (χ3v) is 5.40. The van der Waals surface area contributed by atoms with Gasteiger partial charge >= 0.3 is 11.9 Å². The summed E-state index contributed by atoms with van der Waals surface area (Å²) in [7, 11) is 0. The number of rotatable bonds is 24. The van der Waals surface area contributed by atoms with Crippen LogP contribution in [0.15, 0.2) is 30.3 Å². The second-order valence-corrected chi connectivity index (χ2v) is 8.47. The van der Waals surface area contributed by atoms with Crippen LogP contribution in [0.2, 0.25) is 0 Å². The average Bonchev–Trinajstić information content (AvgIpc) is 2.90. The van der Waals surface area contributed by atoms with Crippen molar-refractivity contribution in [1.82, 2.24) is 0 Å². The van der Waals surface area contributed by atoms with E-state index in [0.717, 1.165) is 12.8 Å². The first kappa shape index (κ1) is 31.7. The van der Waals surface area contributed by atoms with Gasteiger partial charge in [-0.3, -0.25) is 9.59 Å². The maximum absolute atomic E-state index is 11.8. The minimum atomic E-state index is -0.896. The number of hydrogen-bond acceptors (Lipinski definition) is 8. The zero-order valence-electron chi connectivity index (χ0n) is 21.9. The molecule has 0 saturated heterocycles. The number of esters is 2. The van der Waals surface area contributed by atoms with Crippen molar-refractivity contribution < 1.29 is 38.1 Å². The molecule has 0 aliphatic heterocycles. The van der Waals surface area contributed by atoms with Crippen LogP contribution in [0.4, 0.5) is 0 Å². The molecule has 0 saturated carbocycles. The number of hydrogen-bond donors (Lipinski definition) is 0. The summed E-state index contributed by atoms with van der Waals surface area (Å²) in [4.78, 5) is 35.2. The standard InChI is InChI=1S/C28H44O8/c1-2-3-4-5-6-7-8-9-13-16-26(29)35-23-21-33-19-17-32-18-20-34-22-24-36-28(31)27(30)25-14-11-10-12-15-25/h10-12,14-15H,2-9,13,16-24H2,1H3. The van der Waals surface area contributed by atoms with E-state index in [9.17, 15) is 14.4 Å². The fourth-order valence-corrected chi connectivity index (χ4v) is 3.37. The van der Waals surface area contributed by atoms with Gasteiger partial charge in [0.2, 0.25) is 0 Å². The first-order valence-electron chi connectivity index (χ1n) is 13.3. The summed E-state index contributed by atoms with van der Waals surface area (Å²) in [5.41, 5.74) is 0.297. The van der Waals surface area contributed by atoms with E-state index in [1.165, 1.54) is 44.9 Å². The highest BCUT2D eigenvalue weighted by Gasteiger charge is 2.17. The molecule has 8 nitrogen and oxygen atoms in total. The van der Waals surface area contributed by atoms with Crippen LogP contribution in [0.1, 0.15) is 81.5 Å². The number of ketones is 1. The van der Waals surface area contributed by atoms with E-state index in [-0.39, 0.29) is 25.8 Å². The van der Waals surface area contributed by atoms with Gasteiger partial charge in [0, 0.05) is 12.0 Å². The van der Waals surface area contributed by atoms with Gasteiger partial charge in [0.25, 0.3) is 5.78 Å². The Morgan fingerprint density at radius 2 is 1.06 bits per heavy atom. The lowest BCUT2D eigenvalue weighted by Crippen LogP contribution is -2.20. The van der Waals surface area contributed by atoms with Crippen molar-refractivity contribution in [3.63, 3.8) is 0 Å². The van der Waals surface area contributed by atoms with E-state index >= 15 is 0 Å².